The quantitative estimate of drug-likeness (QED) is 0.809. The number of fused-ring (bicyclic) bond motifs is 1. The molecule has 0 saturated carbocycles. The molecule has 5 heteroatoms. The summed E-state index contributed by atoms with van der Waals surface area (Å²) < 4.78 is 3.00. The normalized spacial score (nSPS) is 14.0. The minimum atomic E-state index is -0.164. The van der Waals surface area contributed by atoms with E-state index in [4.69, 9.17) is 0 Å². The molecular weight excluding hydrogens is 266 g/mol. The number of Topliss-reactive ketones (excluding diaryl/α,β-unsaturated/α-hetero) is 1. The lowest BCUT2D eigenvalue weighted by molar-refractivity contribution is 0.0965. The van der Waals surface area contributed by atoms with E-state index in [9.17, 15) is 9.59 Å². The van der Waals surface area contributed by atoms with Crippen LogP contribution in [0.15, 0.2) is 23.0 Å². The van der Waals surface area contributed by atoms with Crippen molar-refractivity contribution in [2.45, 2.75) is 46.2 Å². The zero-order valence-corrected chi connectivity index (χ0v) is 12.4. The summed E-state index contributed by atoms with van der Waals surface area (Å²) in [7, 11) is 0. The van der Waals surface area contributed by atoms with Crippen LogP contribution in [0.1, 0.15) is 40.2 Å². The first-order chi connectivity index (χ1) is 10.1. The zero-order chi connectivity index (χ0) is 15.0. The number of carbonyl (C=O) groups excluding carboxylic acids is 1. The molecule has 0 spiro atoms. The van der Waals surface area contributed by atoms with Gasteiger partial charge in [0.05, 0.1) is 0 Å². The molecular formula is C16H19N3O2. The van der Waals surface area contributed by atoms with Gasteiger partial charge in [0.2, 0.25) is 0 Å². The second kappa shape index (κ2) is 5.31. The van der Waals surface area contributed by atoms with Crippen LogP contribution in [0.25, 0.3) is 0 Å². The summed E-state index contributed by atoms with van der Waals surface area (Å²) in [6.07, 6.45) is 2.88. The Kier molecular flexibility index (Phi) is 3.49. The number of rotatable bonds is 3. The number of carbonyl (C=O) groups is 1. The van der Waals surface area contributed by atoms with Gasteiger partial charge >= 0.3 is 5.69 Å². The zero-order valence-electron chi connectivity index (χ0n) is 12.4. The summed E-state index contributed by atoms with van der Waals surface area (Å²) in [6, 6.07) is 5.73. The molecule has 0 amide bonds. The number of ketones is 1. The van der Waals surface area contributed by atoms with E-state index in [1.165, 1.54) is 4.68 Å². The summed E-state index contributed by atoms with van der Waals surface area (Å²) in [5.74, 6) is 0.740. The van der Waals surface area contributed by atoms with Crippen molar-refractivity contribution in [2.75, 3.05) is 0 Å². The van der Waals surface area contributed by atoms with Crippen molar-refractivity contribution in [1.29, 1.82) is 0 Å². The fourth-order valence-corrected chi connectivity index (χ4v) is 2.90. The molecule has 2 heterocycles. The lowest BCUT2D eigenvalue weighted by Gasteiger charge is -2.09. The van der Waals surface area contributed by atoms with Crippen LogP contribution in [-0.4, -0.2) is 20.1 Å². The van der Waals surface area contributed by atoms with E-state index < -0.39 is 0 Å². The molecule has 21 heavy (non-hydrogen) atoms. The average Bonchev–Trinajstić information content (AvgIpc) is 2.76. The van der Waals surface area contributed by atoms with Gasteiger partial charge in [-0.15, -0.1) is 0 Å². The number of aryl methyl sites for hydroxylation is 3. The van der Waals surface area contributed by atoms with Crippen LogP contribution in [0.2, 0.25) is 0 Å². The van der Waals surface area contributed by atoms with Gasteiger partial charge in [0.1, 0.15) is 12.4 Å². The number of benzene rings is 1. The van der Waals surface area contributed by atoms with Crippen LogP contribution in [0.5, 0.6) is 0 Å². The van der Waals surface area contributed by atoms with Gasteiger partial charge in [-0.2, -0.15) is 5.10 Å². The van der Waals surface area contributed by atoms with Gasteiger partial charge in [-0.3, -0.25) is 9.36 Å². The summed E-state index contributed by atoms with van der Waals surface area (Å²) in [6.45, 7) is 4.64. The third kappa shape index (κ3) is 2.55. The van der Waals surface area contributed by atoms with Crippen molar-refractivity contribution in [2.24, 2.45) is 0 Å². The second-order valence-electron chi connectivity index (χ2n) is 5.71. The Morgan fingerprint density at radius 2 is 2.10 bits per heavy atom. The molecule has 5 nitrogen and oxygen atoms in total. The fraction of sp³-hybridized carbons (Fsp3) is 0.438. The minimum absolute atomic E-state index is 0.0166. The third-order valence-corrected chi connectivity index (χ3v) is 4.01. The maximum Gasteiger partial charge on any atom is 0.346 e. The lowest BCUT2D eigenvalue weighted by atomic mass is 10.0. The highest BCUT2D eigenvalue weighted by Crippen LogP contribution is 2.13. The van der Waals surface area contributed by atoms with E-state index in [0.717, 1.165) is 36.2 Å². The van der Waals surface area contributed by atoms with Gasteiger partial charge in [-0.05, 0) is 32.3 Å². The first-order valence-corrected chi connectivity index (χ1v) is 7.33. The molecule has 0 fully saturated rings. The van der Waals surface area contributed by atoms with Crippen molar-refractivity contribution < 1.29 is 4.79 Å². The second-order valence-corrected chi connectivity index (χ2v) is 5.71. The Labute approximate surface area is 123 Å². The molecule has 0 bridgehead atoms. The molecule has 1 aliphatic heterocycles. The number of nitrogens with zero attached hydrogens (tertiary/aromatic N) is 3. The topological polar surface area (TPSA) is 56.9 Å². The predicted molar refractivity (Wildman–Crippen MR) is 79.7 cm³/mol. The van der Waals surface area contributed by atoms with Crippen LogP contribution >= 0.6 is 0 Å². The fourth-order valence-electron chi connectivity index (χ4n) is 2.90. The molecule has 110 valence electrons. The van der Waals surface area contributed by atoms with Crippen LogP contribution in [0, 0.1) is 13.8 Å². The van der Waals surface area contributed by atoms with Crippen molar-refractivity contribution in [3.8, 4) is 0 Å². The number of hydrogen-bond acceptors (Lipinski definition) is 3. The molecule has 0 atom stereocenters. The van der Waals surface area contributed by atoms with Crippen molar-refractivity contribution in [3.63, 3.8) is 0 Å². The van der Waals surface area contributed by atoms with Crippen molar-refractivity contribution >= 4 is 5.78 Å². The molecule has 1 aromatic heterocycles. The Morgan fingerprint density at radius 3 is 2.81 bits per heavy atom. The summed E-state index contributed by atoms with van der Waals surface area (Å²) in [4.78, 5) is 24.6. The summed E-state index contributed by atoms with van der Waals surface area (Å²) in [5, 5.41) is 4.31. The first kappa shape index (κ1) is 13.8. The lowest BCUT2D eigenvalue weighted by Crippen LogP contribution is -2.29. The molecule has 3 rings (SSSR count). The van der Waals surface area contributed by atoms with E-state index in [0.29, 0.717) is 12.1 Å². The molecule has 2 aromatic rings. The van der Waals surface area contributed by atoms with E-state index in [2.05, 4.69) is 5.10 Å². The maximum atomic E-state index is 12.4. The van der Waals surface area contributed by atoms with E-state index in [1.54, 1.807) is 4.57 Å². The van der Waals surface area contributed by atoms with Crippen LogP contribution in [0.4, 0.5) is 0 Å². The molecule has 0 N–H and O–H groups in total. The van der Waals surface area contributed by atoms with Crippen molar-refractivity contribution in [1.82, 2.24) is 14.3 Å². The molecule has 0 unspecified atom stereocenters. The Morgan fingerprint density at radius 1 is 1.29 bits per heavy atom. The Hall–Kier alpha value is -2.17. The summed E-state index contributed by atoms with van der Waals surface area (Å²) >= 11 is 0. The predicted octanol–water partition coefficient (Wildman–Crippen LogP) is 1.88. The van der Waals surface area contributed by atoms with E-state index >= 15 is 0 Å². The molecule has 0 saturated heterocycles. The van der Waals surface area contributed by atoms with Gasteiger partial charge in [0.15, 0.2) is 5.78 Å². The highest BCUT2D eigenvalue weighted by atomic mass is 16.2. The molecule has 1 aliphatic rings. The van der Waals surface area contributed by atoms with Crippen LogP contribution < -0.4 is 5.69 Å². The number of aromatic nitrogens is 3. The minimum Gasteiger partial charge on any atom is -0.292 e. The molecule has 1 aromatic carbocycles. The van der Waals surface area contributed by atoms with Crippen molar-refractivity contribution in [3.05, 3.63) is 51.2 Å². The van der Waals surface area contributed by atoms with E-state index in [1.807, 2.05) is 32.0 Å². The van der Waals surface area contributed by atoms with Gasteiger partial charge in [0, 0.05) is 18.5 Å². The van der Waals surface area contributed by atoms with E-state index in [-0.39, 0.29) is 18.0 Å². The smallest absolute Gasteiger partial charge is 0.292 e. The van der Waals surface area contributed by atoms with Gasteiger partial charge in [-0.25, -0.2) is 9.48 Å². The highest BCUT2D eigenvalue weighted by Gasteiger charge is 2.19. The van der Waals surface area contributed by atoms with Gasteiger partial charge in [0.25, 0.3) is 0 Å². The van der Waals surface area contributed by atoms with Crippen LogP contribution in [-0.2, 0) is 19.5 Å². The Balaban J connectivity index is 1.88. The van der Waals surface area contributed by atoms with Crippen LogP contribution in [0.3, 0.4) is 0 Å². The third-order valence-electron chi connectivity index (χ3n) is 4.01. The number of hydrogen-bond donors (Lipinski definition) is 0. The maximum absolute atomic E-state index is 12.4. The standard InChI is InChI=1S/C16H19N3O2/c1-11-6-7-13(12(2)9-11)14(20)10-19-16(21)18-8-4-3-5-15(18)17-19/h6-7,9H,3-5,8,10H2,1-2H3. The average molecular weight is 285 g/mol. The summed E-state index contributed by atoms with van der Waals surface area (Å²) in [5.41, 5.74) is 2.57. The Bertz CT molecular complexity index is 755. The SMILES string of the molecule is Cc1ccc(C(=O)Cn2nc3n(c2=O)CCCC3)c(C)c1. The molecule has 0 radical (unpaired) electrons. The monoisotopic (exact) mass is 285 g/mol. The van der Waals surface area contributed by atoms with Gasteiger partial charge in [-0.1, -0.05) is 23.8 Å². The first-order valence-electron chi connectivity index (χ1n) is 7.33. The highest BCUT2D eigenvalue weighted by molar-refractivity contribution is 5.97. The molecule has 0 aliphatic carbocycles. The van der Waals surface area contributed by atoms with Gasteiger partial charge < -0.3 is 0 Å². The largest absolute Gasteiger partial charge is 0.346 e.